The monoisotopic (exact) mass is 357 g/mol. The van der Waals surface area contributed by atoms with E-state index in [-0.39, 0.29) is 24.6 Å². The van der Waals surface area contributed by atoms with E-state index in [9.17, 15) is 9.59 Å². The Balaban J connectivity index is 2.06. The first-order chi connectivity index (χ1) is 12.5. The van der Waals surface area contributed by atoms with Crippen LogP contribution in [-0.2, 0) is 30.8 Å². The summed E-state index contributed by atoms with van der Waals surface area (Å²) in [6.45, 7) is 0.0874. The van der Waals surface area contributed by atoms with Gasteiger partial charge in [-0.25, -0.2) is 9.59 Å². The number of carbonyl (C=O) groups is 2. The molecule has 0 radical (unpaired) electrons. The molecule has 2 aromatic rings. The van der Waals surface area contributed by atoms with Gasteiger partial charge in [0.1, 0.15) is 12.4 Å². The van der Waals surface area contributed by atoms with E-state index in [1.54, 1.807) is 9.58 Å². The number of rotatable bonds is 4. The number of esters is 2. The topological polar surface area (TPSA) is 82.9 Å². The average Bonchev–Trinajstić information content (AvgIpc) is 3.12. The van der Waals surface area contributed by atoms with Crippen molar-refractivity contribution in [3.8, 4) is 11.3 Å². The van der Waals surface area contributed by atoms with Crippen LogP contribution in [0.4, 0.5) is 5.69 Å². The molecule has 0 aliphatic carbocycles. The maximum Gasteiger partial charge on any atom is 0.355 e. The highest BCUT2D eigenvalue weighted by atomic mass is 16.5. The molecule has 0 saturated carbocycles. The van der Waals surface area contributed by atoms with Gasteiger partial charge < -0.3 is 19.1 Å². The van der Waals surface area contributed by atoms with Crippen molar-refractivity contribution >= 4 is 17.6 Å². The summed E-state index contributed by atoms with van der Waals surface area (Å²) < 4.78 is 16.8. The Morgan fingerprint density at radius 3 is 2.58 bits per heavy atom. The third-order valence-electron chi connectivity index (χ3n) is 4.00. The molecular formula is C18H19N3O5. The summed E-state index contributed by atoms with van der Waals surface area (Å²) in [6, 6.07) is 9.34. The maximum absolute atomic E-state index is 12.3. The molecular weight excluding hydrogens is 338 g/mol. The lowest BCUT2D eigenvalue weighted by Gasteiger charge is -2.31. The van der Waals surface area contributed by atoms with Gasteiger partial charge in [-0.3, -0.25) is 4.68 Å². The van der Waals surface area contributed by atoms with E-state index < -0.39 is 11.9 Å². The summed E-state index contributed by atoms with van der Waals surface area (Å²) >= 11 is 0. The number of benzene rings is 1. The van der Waals surface area contributed by atoms with E-state index in [0.717, 1.165) is 11.3 Å². The normalized spacial score (nSPS) is 14.3. The summed E-state index contributed by atoms with van der Waals surface area (Å²) in [6.07, 6.45) is 1.85. The minimum atomic E-state index is -0.629. The zero-order chi connectivity index (χ0) is 18.7. The first-order valence-electron chi connectivity index (χ1n) is 7.90. The molecule has 0 bridgehead atoms. The fraction of sp³-hybridized carbons (Fsp3) is 0.278. The Bertz CT molecular complexity index is 871. The summed E-state index contributed by atoms with van der Waals surface area (Å²) in [5.74, 6) is -1.26. The van der Waals surface area contributed by atoms with E-state index in [1.165, 1.54) is 14.2 Å². The molecule has 26 heavy (non-hydrogen) atoms. The van der Waals surface area contributed by atoms with Crippen molar-refractivity contribution in [2.24, 2.45) is 7.05 Å². The van der Waals surface area contributed by atoms with Gasteiger partial charge in [-0.2, -0.15) is 5.10 Å². The Hall–Kier alpha value is -3.13. The largest absolute Gasteiger partial charge is 0.466 e. The van der Waals surface area contributed by atoms with Crippen molar-refractivity contribution in [1.82, 2.24) is 9.78 Å². The molecule has 0 atom stereocenters. The second-order valence-electron chi connectivity index (χ2n) is 5.64. The Morgan fingerprint density at radius 2 is 1.92 bits per heavy atom. The highest BCUT2D eigenvalue weighted by Crippen LogP contribution is 2.29. The minimum absolute atomic E-state index is 0.0203. The number of hydrogen-bond donors (Lipinski definition) is 0. The number of anilines is 1. The molecule has 0 unspecified atom stereocenters. The van der Waals surface area contributed by atoms with Crippen molar-refractivity contribution in [3.05, 3.63) is 47.8 Å². The van der Waals surface area contributed by atoms with E-state index in [4.69, 9.17) is 14.2 Å². The maximum atomic E-state index is 12.3. The van der Waals surface area contributed by atoms with Crippen molar-refractivity contribution in [2.75, 3.05) is 32.5 Å². The van der Waals surface area contributed by atoms with E-state index in [2.05, 4.69) is 5.10 Å². The molecule has 0 N–H and O–H groups in total. The van der Waals surface area contributed by atoms with Gasteiger partial charge in [-0.05, 0) is 18.2 Å². The van der Waals surface area contributed by atoms with Gasteiger partial charge in [0.2, 0.25) is 0 Å². The number of aromatic nitrogens is 2. The quantitative estimate of drug-likeness (QED) is 0.767. The van der Waals surface area contributed by atoms with Crippen LogP contribution in [0.5, 0.6) is 0 Å². The number of ether oxygens (including phenoxy) is 3. The molecule has 2 heterocycles. The van der Waals surface area contributed by atoms with Crippen LogP contribution in [0.1, 0.15) is 0 Å². The predicted octanol–water partition coefficient (Wildman–Crippen LogP) is 1.48. The van der Waals surface area contributed by atoms with Crippen molar-refractivity contribution < 1.29 is 23.8 Å². The summed E-state index contributed by atoms with van der Waals surface area (Å²) in [4.78, 5) is 26.0. The SMILES string of the molecule is COC(=O)C1=C(C(=O)OC)N(c2cccc(-c3ccn(C)n3)c2)COC1. The lowest BCUT2D eigenvalue weighted by molar-refractivity contribution is -0.140. The third kappa shape index (κ3) is 3.31. The third-order valence-corrected chi connectivity index (χ3v) is 4.00. The molecule has 1 aromatic carbocycles. The number of aryl methyl sites for hydroxylation is 1. The lowest BCUT2D eigenvalue weighted by atomic mass is 10.1. The molecule has 0 fully saturated rings. The van der Waals surface area contributed by atoms with Crippen LogP contribution in [0.25, 0.3) is 11.3 Å². The molecule has 3 rings (SSSR count). The van der Waals surface area contributed by atoms with Crippen molar-refractivity contribution in [3.63, 3.8) is 0 Å². The molecule has 0 saturated heterocycles. The first kappa shape index (κ1) is 17.7. The molecule has 0 spiro atoms. The lowest BCUT2D eigenvalue weighted by Crippen LogP contribution is -2.38. The Labute approximate surface area is 150 Å². The fourth-order valence-electron chi connectivity index (χ4n) is 2.75. The van der Waals surface area contributed by atoms with Gasteiger partial charge in [0, 0.05) is 24.5 Å². The van der Waals surface area contributed by atoms with Gasteiger partial charge in [0.15, 0.2) is 0 Å². The van der Waals surface area contributed by atoms with Gasteiger partial charge in [-0.1, -0.05) is 12.1 Å². The second-order valence-corrected chi connectivity index (χ2v) is 5.64. The van der Waals surface area contributed by atoms with Crippen LogP contribution in [0.3, 0.4) is 0 Å². The first-order valence-corrected chi connectivity index (χ1v) is 7.90. The predicted molar refractivity (Wildman–Crippen MR) is 93.0 cm³/mol. The molecule has 8 nitrogen and oxygen atoms in total. The van der Waals surface area contributed by atoms with Crippen LogP contribution >= 0.6 is 0 Å². The number of nitrogens with zero attached hydrogens (tertiary/aromatic N) is 3. The van der Waals surface area contributed by atoms with Crippen molar-refractivity contribution in [2.45, 2.75) is 0 Å². The van der Waals surface area contributed by atoms with Gasteiger partial charge in [0.25, 0.3) is 0 Å². The molecule has 8 heteroatoms. The second kappa shape index (κ2) is 7.40. The number of carbonyl (C=O) groups excluding carboxylic acids is 2. The number of hydrogen-bond acceptors (Lipinski definition) is 7. The Kier molecular flexibility index (Phi) is 5.04. The van der Waals surface area contributed by atoms with Crippen molar-refractivity contribution in [1.29, 1.82) is 0 Å². The zero-order valence-electron chi connectivity index (χ0n) is 14.8. The summed E-state index contributed by atoms with van der Waals surface area (Å²) in [5, 5.41) is 4.38. The smallest absolute Gasteiger partial charge is 0.355 e. The van der Waals surface area contributed by atoms with Crippen LogP contribution in [0, 0.1) is 0 Å². The van der Waals surface area contributed by atoms with Gasteiger partial charge in [-0.15, -0.1) is 0 Å². The highest BCUT2D eigenvalue weighted by Gasteiger charge is 2.32. The average molecular weight is 357 g/mol. The van der Waals surface area contributed by atoms with Gasteiger partial charge >= 0.3 is 11.9 Å². The van der Waals surface area contributed by atoms with Crippen LogP contribution in [0.15, 0.2) is 47.8 Å². The standard InChI is InChI=1S/C18H19N3O5/c1-20-8-7-15(19-20)12-5-4-6-13(9-12)21-11-26-10-14(17(22)24-2)16(21)18(23)25-3/h4-9H,10-11H2,1-3H3. The summed E-state index contributed by atoms with van der Waals surface area (Å²) in [5.41, 5.74) is 2.58. The van der Waals surface area contributed by atoms with Gasteiger partial charge in [0.05, 0.1) is 32.1 Å². The van der Waals surface area contributed by atoms with E-state index in [1.807, 2.05) is 43.6 Å². The van der Waals surface area contributed by atoms with E-state index >= 15 is 0 Å². The molecule has 1 aliphatic rings. The molecule has 1 aliphatic heterocycles. The molecule has 136 valence electrons. The molecule has 1 aromatic heterocycles. The minimum Gasteiger partial charge on any atom is -0.466 e. The fourth-order valence-corrected chi connectivity index (χ4v) is 2.75. The highest BCUT2D eigenvalue weighted by molar-refractivity contribution is 6.03. The Morgan fingerprint density at radius 1 is 1.15 bits per heavy atom. The van der Waals surface area contributed by atoms with Crippen LogP contribution < -0.4 is 4.90 Å². The van der Waals surface area contributed by atoms with Crippen LogP contribution in [-0.4, -0.2) is 49.3 Å². The van der Waals surface area contributed by atoms with Crippen LogP contribution in [0.2, 0.25) is 0 Å². The molecule has 0 amide bonds. The zero-order valence-corrected chi connectivity index (χ0v) is 14.8. The van der Waals surface area contributed by atoms with E-state index in [0.29, 0.717) is 5.69 Å². The number of methoxy groups -OCH3 is 2. The summed E-state index contributed by atoms with van der Waals surface area (Å²) in [7, 11) is 4.36.